The fourth-order valence-corrected chi connectivity index (χ4v) is 2.45. The summed E-state index contributed by atoms with van der Waals surface area (Å²) in [5, 5.41) is 3.41. The molecule has 3 heteroatoms. The Balaban J connectivity index is 1.80. The second-order valence-corrected chi connectivity index (χ2v) is 4.49. The van der Waals surface area contributed by atoms with Crippen LogP contribution in [0.2, 0.25) is 0 Å². The first kappa shape index (κ1) is 11.7. The summed E-state index contributed by atoms with van der Waals surface area (Å²) in [4.78, 5) is 0. The standard InChI is InChI=1S/C13H21NO2/c1-14-13(11-4-2-8-15-10-11)7-6-12-5-3-9-16-12/h3,5,9,11,13-14H,2,4,6-8,10H2,1H3. The van der Waals surface area contributed by atoms with Crippen LogP contribution in [0, 0.1) is 5.92 Å². The third-order valence-corrected chi connectivity index (χ3v) is 3.42. The molecule has 0 amide bonds. The molecule has 0 spiro atoms. The molecule has 1 aliphatic rings. The molecule has 1 saturated heterocycles. The van der Waals surface area contributed by atoms with Crippen molar-refractivity contribution in [3.8, 4) is 0 Å². The van der Waals surface area contributed by atoms with Crippen molar-refractivity contribution in [3.63, 3.8) is 0 Å². The van der Waals surface area contributed by atoms with E-state index in [9.17, 15) is 0 Å². The average molecular weight is 223 g/mol. The highest BCUT2D eigenvalue weighted by atomic mass is 16.5. The minimum Gasteiger partial charge on any atom is -0.469 e. The molecule has 2 rings (SSSR count). The molecule has 1 fully saturated rings. The van der Waals surface area contributed by atoms with Crippen molar-refractivity contribution in [2.75, 3.05) is 20.3 Å². The third-order valence-electron chi connectivity index (χ3n) is 3.42. The molecule has 2 heterocycles. The van der Waals surface area contributed by atoms with E-state index in [2.05, 4.69) is 5.32 Å². The van der Waals surface area contributed by atoms with E-state index in [1.807, 2.05) is 19.2 Å². The lowest BCUT2D eigenvalue weighted by atomic mass is 9.90. The van der Waals surface area contributed by atoms with Gasteiger partial charge in [0.2, 0.25) is 0 Å². The van der Waals surface area contributed by atoms with Gasteiger partial charge in [-0.25, -0.2) is 0 Å². The van der Waals surface area contributed by atoms with Crippen LogP contribution >= 0.6 is 0 Å². The predicted molar refractivity (Wildman–Crippen MR) is 63.4 cm³/mol. The molecule has 90 valence electrons. The minimum atomic E-state index is 0.547. The summed E-state index contributed by atoms with van der Waals surface area (Å²) >= 11 is 0. The molecule has 0 aliphatic carbocycles. The van der Waals surface area contributed by atoms with Crippen LogP contribution in [0.1, 0.15) is 25.0 Å². The van der Waals surface area contributed by atoms with E-state index in [1.165, 1.54) is 12.8 Å². The van der Waals surface area contributed by atoms with Gasteiger partial charge in [0.25, 0.3) is 0 Å². The minimum absolute atomic E-state index is 0.547. The maximum absolute atomic E-state index is 5.54. The number of aryl methyl sites for hydroxylation is 1. The summed E-state index contributed by atoms with van der Waals surface area (Å²) in [5.41, 5.74) is 0. The van der Waals surface area contributed by atoms with E-state index < -0.39 is 0 Å². The van der Waals surface area contributed by atoms with Crippen LogP contribution in [-0.4, -0.2) is 26.3 Å². The first-order valence-electron chi connectivity index (χ1n) is 6.17. The molecule has 0 radical (unpaired) electrons. The Hall–Kier alpha value is -0.800. The molecule has 3 nitrogen and oxygen atoms in total. The van der Waals surface area contributed by atoms with Crippen molar-refractivity contribution in [1.29, 1.82) is 0 Å². The Kier molecular flexibility index (Phi) is 4.43. The largest absolute Gasteiger partial charge is 0.469 e. The number of ether oxygens (including phenoxy) is 1. The van der Waals surface area contributed by atoms with Gasteiger partial charge in [-0.1, -0.05) is 0 Å². The number of hydrogen-bond donors (Lipinski definition) is 1. The van der Waals surface area contributed by atoms with Gasteiger partial charge < -0.3 is 14.5 Å². The number of hydrogen-bond acceptors (Lipinski definition) is 3. The summed E-state index contributed by atoms with van der Waals surface area (Å²) in [6.07, 6.45) is 6.35. The van der Waals surface area contributed by atoms with Crippen molar-refractivity contribution >= 4 is 0 Å². The van der Waals surface area contributed by atoms with Crippen LogP contribution in [0.4, 0.5) is 0 Å². The molecule has 1 N–H and O–H groups in total. The molecular formula is C13H21NO2. The van der Waals surface area contributed by atoms with Crippen molar-refractivity contribution in [1.82, 2.24) is 5.32 Å². The summed E-state index contributed by atoms with van der Waals surface area (Å²) in [6.45, 7) is 1.84. The van der Waals surface area contributed by atoms with Crippen molar-refractivity contribution in [2.45, 2.75) is 31.7 Å². The van der Waals surface area contributed by atoms with Crippen molar-refractivity contribution < 1.29 is 9.15 Å². The highest BCUT2D eigenvalue weighted by Crippen LogP contribution is 2.20. The highest BCUT2D eigenvalue weighted by Gasteiger charge is 2.22. The van der Waals surface area contributed by atoms with Gasteiger partial charge in [-0.05, 0) is 44.4 Å². The van der Waals surface area contributed by atoms with Gasteiger partial charge in [0, 0.05) is 19.1 Å². The van der Waals surface area contributed by atoms with Crippen LogP contribution < -0.4 is 5.32 Å². The Morgan fingerprint density at radius 2 is 2.50 bits per heavy atom. The maximum atomic E-state index is 5.54. The van der Waals surface area contributed by atoms with Gasteiger partial charge in [0.15, 0.2) is 0 Å². The topological polar surface area (TPSA) is 34.4 Å². The number of nitrogens with one attached hydrogen (secondary N) is 1. The van der Waals surface area contributed by atoms with E-state index in [-0.39, 0.29) is 0 Å². The maximum Gasteiger partial charge on any atom is 0.103 e. The van der Waals surface area contributed by atoms with Gasteiger partial charge in [-0.15, -0.1) is 0 Å². The van der Waals surface area contributed by atoms with E-state index >= 15 is 0 Å². The quantitative estimate of drug-likeness (QED) is 0.831. The molecule has 0 saturated carbocycles. The van der Waals surface area contributed by atoms with E-state index in [1.54, 1.807) is 6.26 Å². The van der Waals surface area contributed by atoms with Crippen molar-refractivity contribution in [2.24, 2.45) is 5.92 Å². The van der Waals surface area contributed by atoms with Crippen LogP contribution in [0.25, 0.3) is 0 Å². The summed E-state index contributed by atoms with van der Waals surface area (Å²) in [7, 11) is 2.04. The first-order valence-corrected chi connectivity index (χ1v) is 6.17. The molecule has 2 unspecified atom stereocenters. The summed E-state index contributed by atoms with van der Waals surface area (Å²) in [6, 6.07) is 4.54. The second-order valence-electron chi connectivity index (χ2n) is 4.49. The van der Waals surface area contributed by atoms with E-state index in [4.69, 9.17) is 9.15 Å². The zero-order chi connectivity index (χ0) is 11.2. The first-order chi connectivity index (χ1) is 7.90. The summed E-state index contributed by atoms with van der Waals surface area (Å²) < 4.78 is 10.9. The average Bonchev–Trinajstić information content (AvgIpc) is 2.84. The van der Waals surface area contributed by atoms with Gasteiger partial charge in [0.1, 0.15) is 5.76 Å². The smallest absolute Gasteiger partial charge is 0.103 e. The highest BCUT2D eigenvalue weighted by molar-refractivity contribution is 4.98. The lowest BCUT2D eigenvalue weighted by molar-refractivity contribution is 0.0390. The molecule has 0 bridgehead atoms. The molecule has 1 aromatic rings. The zero-order valence-corrected chi connectivity index (χ0v) is 9.95. The Morgan fingerprint density at radius 1 is 1.56 bits per heavy atom. The Bertz CT molecular complexity index is 278. The molecule has 1 aromatic heterocycles. The lowest BCUT2D eigenvalue weighted by Crippen LogP contribution is -2.38. The predicted octanol–water partition coefficient (Wildman–Crippen LogP) is 2.23. The van der Waals surface area contributed by atoms with Gasteiger partial charge >= 0.3 is 0 Å². The molecular weight excluding hydrogens is 202 g/mol. The van der Waals surface area contributed by atoms with Crippen LogP contribution in [0.5, 0.6) is 0 Å². The second kappa shape index (κ2) is 6.06. The zero-order valence-electron chi connectivity index (χ0n) is 9.95. The van der Waals surface area contributed by atoms with Crippen LogP contribution in [-0.2, 0) is 11.2 Å². The van der Waals surface area contributed by atoms with Gasteiger partial charge in [-0.3, -0.25) is 0 Å². The van der Waals surface area contributed by atoms with E-state index in [0.717, 1.165) is 31.8 Å². The van der Waals surface area contributed by atoms with Crippen LogP contribution in [0.15, 0.2) is 22.8 Å². The SMILES string of the molecule is CNC(CCc1ccco1)C1CCCOC1. The summed E-state index contributed by atoms with van der Waals surface area (Å²) in [5.74, 6) is 1.74. The molecule has 2 atom stereocenters. The van der Waals surface area contributed by atoms with E-state index in [0.29, 0.717) is 12.0 Å². The number of furan rings is 1. The number of rotatable bonds is 5. The Morgan fingerprint density at radius 3 is 3.12 bits per heavy atom. The monoisotopic (exact) mass is 223 g/mol. The molecule has 0 aromatic carbocycles. The third kappa shape index (κ3) is 3.09. The fraction of sp³-hybridized carbons (Fsp3) is 0.692. The van der Waals surface area contributed by atoms with Crippen LogP contribution in [0.3, 0.4) is 0 Å². The van der Waals surface area contributed by atoms with Gasteiger partial charge in [-0.2, -0.15) is 0 Å². The van der Waals surface area contributed by atoms with Crippen molar-refractivity contribution in [3.05, 3.63) is 24.2 Å². The normalized spacial score (nSPS) is 23.2. The van der Waals surface area contributed by atoms with Gasteiger partial charge in [0.05, 0.1) is 12.9 Å². The lowest BCUT2D eigenvalue weighted by Gasteiger charge is -2.29. The molecule has 16 heavy (non-hydrogen) atoms. The fourth-order valence-electron chi connectivity index (χ4n) is 2.45. The molecule has 1 aliphatic heterocycles. The Labute approximate surface area is 97.2 Å².